The molecule has 7 heteroatoms. The van der Waals surface area contributed by atoms with Crippen LogP contribution in [-0.4, -0.2) is 29.2 Å². The molecule has 2 aromatic rings. The summed E-state index contributed by atoms with van der Waals surface area (Å²) in [5.41, 5.74) is 6.70. The summed E-state index contributed by atoms with van der Waals surface area (Å²) in [7, 11) is 1.56. The summed E-state index contributed by atoms with van der Waals surface area (Å²) in [6.45, 7) is 3.70. The highest BCUT2D eigenvalue weighted by Gasteiger charge is 2.21. The Morgan fingerprint density at radius 3 is 2.81 bits per heavy atom. The molecule has 0 saturated heterocycles. The molecule has 0 amide bonds. The van der Waals surface area contributed by atoms with Gasteiger partial charge in [0.1, 0.15) is 17.4 Å². The molecule has 112 valence electrons. The Bertz CT molecular complexity index is 682. The summed E-state index contributed by atoms with van der Waals surface area (Å²) >= 11 is 6.21. The highest BCUT2D eigenvalue weighted by atomic mass is 35.5. The number of benzene rings is 1. The predicted octanol–water partition coefficient (Wildman–Crippen LogP) is 2.60. The van der Waals surface area contributed by atoms with Gasteiger partial charge in [0, 0.05) is 6.07 Å². The molecule has 1 heterocycles. The number of nitrogens with two attached hydrogens (primary N) is 1. The van der Waals surface area contributed by atoms with Gasteiger partial charge in [-0.15, -0.1) is 0 Å². The zero-order chi connectivity index (χ0) is 15.6. The van der Waals surface area contributed by atoms with Crippen LogP contribution in [0.15, 0.2) is 18.2 Å². The summed E-state index contributed by atoms with van der Waals surface area (Å²) < 4.78 is 11.7. The lowest BCUT2D eigenvalue weighted by molar-refractivity contribution is 0.0521. The van der Waals surface area contributed by atoms with Crippen molar-refractivity contribution in [3.8, 4) is 11.4 Å². The van der Waals surface area contributed by atoms with E-state index in [0.717, 1.165) is 0 Å². The number of hydrogen-bond donors (Lipinski definition) is 1. The van der Waals surface area contributed by atoms with E-state index in [4.69, 9.17) is 26.8 Å². The number of methoxy groups -OCH3 is 1. The Morgan fingerprint density at radius 2 is 2.19 bits per heavy atom. The zero-order valence-electron chi connectivity index (χ0n) is 12.0. The largest absolute Gasteiger partial charge is 0.497 e. The molecule has 1 aromatic heterocycles. The molecule has 0 bridgehead atoms. The van der Waals surface area contributed by atoms with Gasteiger partial charge in [0.2, 0.25) is 0 Å². The molecule has 0 atom stereocenters. The number of hydrogen-bond acceptors (Lipinski definition) is 5. The number of ether oxygens (including phenoxy) is 2. The lowest BCUT2D eigenvalue weighted by atomic mass is 10.3. The van der Waals surface area contributed by atoms with Gasteiger partial charge >= 0.3 is 5.97 Å². The first-order valence-corrected chi connectivity index (χ1v) is 6.73. The first-order valence-electron chi connectivity index (χ1n) is 6.35. The van der Waals surface area contributed by atoms with Crippen LogP contribution in [0.4, 0.5) is 5.82 Å². The Labute approximate surface area is 127 Å². The fraction of sp³-hybridized carbons (Fsp3) is 0.286. The minimum atomic E-state index is -0.559. The predicted molar refractivity (Wildman–Crippen MR) is 80.2 cm³/mol. The van der Waals surface area contributed by atoms with Gasteiger partial charge in [0.05, 0.1) is 24.4 Å². The number of nitrogen functional groups attached to an aromatic ring is 1. The maximum atomic E-state index is 11.8. The van der Waals surface area contributed by atoms with E-state index in [-0.39, 0.29) is 18.1 Å². The maximum Gasteiger partial charge on any atom is 0.360 e. The summed E-state index contributed by atoms with van der Waals surface area (Å²) in [6.07, 6.45) is 0. The fourth-order valence-electron chi connectivity index (χ4n) is 1.99. The lowest BCUT2D eigenvalue weighted by Crippen LogP contribution is -2.09. The third-order valence-electron chi connectivity index (χ3n) is 2.94. The molecule has 0 unspecified atom stereocenters. The number of esters is 1. The molecule has 6 nitrogen and oxygen atoms in total. The molecule has 1 aromatic carbocycles. The van der Waals surface area contributed by atoms with E-state index < -0.39 is 5.97 Å². The van der Waals surface area contributed by atoms with Gasteiger partial charge in [-0.25, -0.2) is 9.78 Å². The third-order valence-corrected chi connectivity index (χ3v) is 3.26. The minimum absolute atomic E-state index is 0.0771. The smallest absolute Gasteiger partial charge is 0.360 e. The van der Waals surface area contributed by atoms with Crippen molar-refractivity contribution in [1.29, 1.82) is 0 Å². The average molecular weight is 310 g/mol. The minimum Gasteiger partial charge on any atom is -0.497 e. The molecular weight excluding hydrogens is 294 g/mol. The van der Waals surface area contributed by atoms with E-state index in [0.29, 0.717) is 22.3 Å². The second-order valence-corrected chi connectivity index (χ2v) is 4.67. The van der Waals surface area contributed by atoms with Crippen molar-refractivity contribution in [2.45, 2.75) is 13.8 Å². The third kappa shape index (κ3) is 2.80. The fourth-order valence-corrected chi connectivity index (χ4v) is 2.20. The van der Waals surface area contributed by atoms with Gasteiger partial charge < -0.3 is 15.2 Å². The summed E-state index contributed by atoms with van der Waals surface area (Å²) in [5, 5.41) is 0.471. The quantitative estimate of drug-likeness (QED) is 0.878. The second-order valence-electron chi connectivity index (χ2n) is 4.27. The molecular formula is C14H16ClN3O3. The molecule has 0 aliphatic carbocycles. The van der Waals surface area contributed by atoms with Crippen LogP contribution in [0.1, 0.15) is 23.2 Å². The summed E-state index contributed by atoms with van der Waals surface area (Å²) in [5.74, 6) is 0.780. The molecule has 2 rings (SSSR count). The van der Waals surface area contributed by atoms with Crippen molar-refractivity contribution in [2.24, 2.45) is 0 Å². The molecule has 0 radical (unpaired) electrons. The van der Waals surface area contributed by atoms with Crippen LogP contribution in [0.3, 0.4) is 0 Å². The van der Waals surface area contributed by atoms with E-state index in [2.05, 4.69) is 4.98 Å². The van der Waals surface area contributed by atoms with Crippen LogP contribution >= 0.6 is 11.6 Å². The van der Waals surface area contributed by atoms with Crippen LogP contribution in [0.5, 0.6) is 5.75 Å². The van der Waals surface area contributed by atoms with Gasteiger partial charge in [-0.05, 0) is 26.0 Å². The molecule has 21 heavy (non-hydrogen) atoms. The summed E-state index contributed by atoms with van der Waals surface area (Å²) in [4.78, 5) is 16.0. The van der Waals surface area contributed by atoms with E-state index in [1.165, 1.54) is 0 Å². The van der Waals surface area contributed by atoms with Gasteiger partial charge in [0.25, 0.3) is 0 Å². The van der Waals surface area contributed by atoms with E-state index in [1.807, 2.05) is 0 Å². The number of anilines is 1. The Kier molecular flexibility index (Phi) is 4.37. The number of halogens is 1. The number of imidazole rings is 1. The molecule has 0 aliphatic heterocycles. The van der Waals surface area contributed by atoms with E-state index in [1.54, 1.807) is 43.7 Å². The van der Waals surface area contributed by atoms with Crippen molar-refractivity contribution >= 4 is 23.4 Å². The SMILES string of the molecule is CCOC(=O)c1nc(C)n(-c2cc(OC)ccc2Cl)c1N. The molecule has 0 fully saturated rings. The number of aromatic nitrogens is 2. The molecule has 0 saturated carbocycles. The zero-order valence-corrected chi connectivity index (χ0v) is 12.8. The first kappa shape index (κ1) is 15.2. The maximum absolute atomic E-state index is 11.8. The molecule has 0 aliphatic rings. The second kappa shape index (κ2) is 6.05. The van der Waals surface area contributed by atoms with E-state index >= 15 is 0 Å². The number of aryl methyl sites for hydroxylation is 1. The van der Waals surface area contributed by atoms with E-state index in [9.17, 15) is 4.79 Å². The highest BCUT2D eigenvalue weighted by Crippen LogP contribution is 2.30. The van der Waals surface area contributed by atoms with Crippen molar-refractivity contribution in [3.05, 3.63) is 34.7 Å². The van der Waals surface area contributed by atoms with Gasteiger partial charge in [-0.2, -0.15) is 0 Å². The Morgan fingerprint density at radius 1 is 1.48 bits per heavy atom. The number of carbonyl (C=O) groups excluding carboxylic acids is 1. The number of nitrogens with zero attached hydrogens (tertiary/aromatic N) is 2. The number of carbonyl (C=O) groups is 1. The monoisotopic (exact) mass is 309 g/mol. The highest BCUT2D eigenvalue weighted by molar-refractivity contribution is 6.32. The van der Waals surface area contributed by atoms with Crippen molar-refractivity contribution in [1.82, 2.24) is 9.55 Å². The van der Waals surface area contributed by atoms with Crippen molar-refractivity contribution in [2.75, 3.05) is 19.5 Å². The van der Waals surface area contributed by atoms with Crippen LogP contribution in [0.25, 0.3) is 5.69 Å². The van der Waals surface area contributed by atoms with Crippen LogP contribution < -0.4 is 10.5 Å². The Balaban J connectivity index is 2.57. The van der Waals surface area contributed by atoms with Crippen LogP contribution in [0, 0.1) is 6.92 Å². The van der Waals surface area contributed by atoms with Crippen molar-refractivity contribution in [3.63, 3.8) is 0 Å². The summed E-state index contributed by atoms with van der Waals surface area (Å²) in [6, 6.07) is 5.15. The molecule has 2 N–H and O–H groups in total. The van der Waals surface area contributed by atoms with Crippen LogP contribution in [0.2, 0.25) is 5.02 Å². The topological polar surface area (TPSA) is 79.4 Å². The normalized spacial score (nSPS) is 10.5. The van der Waals surface area contributed by atoms with Gasteiger partial charge in [0.15, 0.2) is 5.69 Å². The van der Waals surface area contributed by atoms with Crippen molar-refractivity contribution < 1.29 is 14.3 Å². The lowest BCUT2D eigenvalue weighted by Gasteiger charge is -2.11. The molecule has 0 spiro atoms. The van der Waals surface area contributed by atoms with Gasteiger partial charge in [-0.3, -0.25) is 4.57 Å². The Hall–Kier alpha value is -2.21. The average Bonchev–Trinajstić information content (AvgIpc) is 2.75. The van der Waals surface area contributed by atoms with Gasteiger partial charge in [-0.1, -0.05) is 11.6 Å². The standard InChI is InChI=1S/C14H16ClN3O3/c1-4-21-14(19)12-13(16)18(8(2)17-12)11-7-9(20-3)5-6-10(11)15/h5-7H,4,16H2,1-3H3. The van der Waals surface area contributed by atoms with Crippen LogP contribution in [-0.2, 0) is 4.74 Å². The first-order chi connectivity index (χ1) is 9.99. The number of rotatable bonds is 4.